The molecule has 0 saturated carbocycles. The summed E-state index contributed by atoms with van der Waals surface area (Å²) in [5.41, 5.74) is 2.71. The molecule has 1 atom stereocenters. The molecule has 0 aromatic heterocycles. The van der Waals surface area contributed by atoms with E-state index in [1.165, 1.54) is 4.31 Å². The Hall–Kier alpha value is -3.20. The smallest absolute Gasteiger partial charge is 0.243 e. The second-order valence-electron chi connectivity index (χ2n) is 11.6. The summed E-state index contributed by atoms with van der Waals surface area (Å²) in [5, 5.41) is 3.67. The van der Waals surface area contributed by atoms with Crippen LogP contribution in [-0.4, -0.2) is 55.1 Å². The summed E-state index contributed by atoms with van der Waals surface area (Å²) >= 11 is 6.12. The van der Waals surface area contributed by atoms with Gasteiger partial charge in [-0.2, -0.15) is 4.31 Å². The van der Waals surface area contributed by atoms with Crippen molar-refractivity contribution in [1.29, 1.82) is 0 Å². The van der Waals surface area contributed by atoms with E-state index in [-0.39, 0.29) is 29.7 Å². The van der Waals surface area contributed by atoms with Crippen LogP contribution < -0.4 is 5.32 Å². The molecule has 1 aliphatic heterocycles. The molecule has 1 fully saturated rings. The minimum absolute atomic E-state index is 0.149. The lowest BCUT2D eigenvalue weighted by Gasteiger charge is -2.32. The Morgan fingerprint density at radius 3 is 2.14 bits per heavy atom. The van der Waals surface area contributed by atoms with E-state index in [1.807, 2.05) is 42.5 Å². The van der Waals surface area contributed by atoms with Gasteiger partial charge >= 0.3 is 0 Å². The quantitative estimate of drug-likeness (QED) is 0.244. The molecule has 230 valence electrons. The van der Waals surface area contributed by atoms with Gasteiger partial charge in [-0.1, -0.05) is 80.0 Å². The van der Waals surface area contributed by atoms with Gasteiger partial charge in [0.05, 0.1) is 4.90 Å². The van der Waals surface area contributed by atoms with E-state index in [4.69, 9.17) is 11.6 Å². The molecule has 0 aliphatic carbocycles. The van der Waals surface area contributed by atoms with E-state index in [1.54, 1.807) is 41.3 Å². The molecule has 3 aromatic carbocycles. The van der Waals surface area contributed by atoms with Crippen LogP contribution in [0.2, 0.25) is 5.02 Å². The Bertz CT molecular complexity index is 1440. The van der Waals surface area contributed by atoms with E-state index >= 15 is 0 Å². The Morgan fingerprint density at radius 1 is 0.884 bits per heavy atom. The highest BCUT2D eigenvalue weighted by Crippen LogP contribution is 2.22. The summed E-state index contributed by atoms with van der Waals surface area (Å²) in [5.74, 6) is 0.114. The Kier molecular flexibility index (Phi) is 11.8. The molecule has 3 aromatic rings. The summed E-state index contributed by atoms with van der Waals surface area (Å²) in [6, 6.07) is 23.1. The summed E-state index contributed by atoms with van der Waals surface area (Å²) in [6.45, 7) is 6.13. The van der Waals surface area contributed by atoms with E-state index in [0.29, 0.717) is 43.4 Å². The minimum Gasteiger partial charge on any atom is -0.354 e. The molecule has 1 aliphatic rings. The highest BCUT2D eigenvalue weighted by atomic mass is 35.5. The van der Waals surface area contributed by atoms with Gasteiger partial charge < -0.3 is 10.2 Å². The van der Waals surface area contributed by atoms with Crippen molar-refractivity contribution in [2.45, 2.75) is 69.9 Å². The topological polar surface area (TPSA) is 86.8 Å². The van der Waals surface area contributed by atoms with E-state index in [0.717, 1.165) is 36.0 Å². The average Bonchev–Trinajstić information content (AvgIpc) is 3.55. The lowest BCUT2D eigenvalue weighted by Crippen LogP contribution is -2.50. The Balaban J connectivity index is 1.54. The molecule has 0 spiro atoms. The maximum Gasteiger partial charge on any atom is 0.243 e. The summed E-state index contributed by atoms with van der Waals surface area (Å²) in [7, 11) is -3.50. The van der Waals surface area contributed by atoms with Crippen LogP contribution in [0.25, 0.3) is 0 Å². The maximum absolute atomic E-state index is 13.9. The molecule has 1 N–H and O–H groups in total. The predicted molar refractivity (Wildman–Crippen MR) is 171 cm³/mol. The van der Waals surface area contributed by atoms with Gasteiger partial charge in [-0.15, -0.1) is 0 Å². The fourth-order valence-corrected chi connectivity index (χ4v) is 6.89. The van der Waals surface area contributed by atoms with Gasteiger partial charge in [0.15, 0.2) is 0 Å². The molecule has 1 saturated heterocycles. The van der Waals surface area contributed by atoms with Crippen LogP contribution in [0.3, 0.4) is 0 Å². The molecule has 1 heterocycles. The largest absolute Gasteiger partial charge is 0.354 e. The molecule has 7 nitrogen and oxygen atoms in total. The van der Waals surface area contributed by atoms with Crippen LogP contribution in [-0.2, 0) is 39.0 Å². The van der Waals surface area contributed by atoms with Gasteiger partial charge in [0.25, 0.3) is 0 Å². The number of carbonyl (C=O) groups is 2. The first-order valence-corrected chi connectivity index (χ1v) is 16.9. The van der Waals surface area contributed by atoms with Crippen molar-refractivity contribution in [2.24, 2.45) is 5.92 Å². The highest BCUT2D eigenvalue weighted by molar-refractivity contribution is 7.89. The second-order valence-corrected chi connectivity index (χ2v) is 14.0. The van der Waals surface area contributed by atoms with Crippen LogP contribution in [0.1, 0.15) is 56.2 Å². The number of halogens is 1. The summed E-state index contributed by atoms with van der Waals surface area (Å²) < 4.78 is 27.4. The molecular formula is C34H42ClN3O4S. The molecule has 2 amide bonds. The van der Waals surface area contributed by atoms with Crippen molar-refractivity contribution in [2.75, 3.05) is 19.6 Å². The van der Waals surface area contributed by atoms with E-state index in [2.05, 4.69) is 19.2 Å². The third kappa shape index (κ3) is 9.39. The van der Waals surface area contributed by atoms with E-state index in [9.17, 15) is 18.0 Å². The number of nitrogens with one attached hydrogen (secondary N) is 1. The lowest BCUT2D eigenvalue weighted by molar-refractivity contribution is -0.141. The van der Waals surface area contributed by atoms with Gasteiger partial charge in [-0.05, 0) is 72.6 Å². The summed E-state index contributed by atoms with van der Waals surface area (Å²) in [4.78, 5) is 29.5. The normalized spacial score (nSPS) is 14.5. The van der Waals surface area contributed by atoms with Gasteiger partial charge in [0.1, 0.15) is 6.04 Å². The zero-order valence-electron chi connectivity index (χ0n) is 25.0. The van der Waals surface area contributed by atoms with Crippen molar-refractivity contribution < 1.29 is 18.0 Å². The number of rotatable bonds is 14. The van der Waals surface area contributed by atoms with Crippen molar-refractivity contribution in [3.63, 3.8) is 0 Å². The monoisotopic (exact) mass is 623 g/mol. The predicted octanol–water partition coefficient (Wildman–Crippen LogP) is 5.86. The fraction of sp³-hybridized carbons (Fsp3) is 0.412. The SMILES string of the molecule is CC(C)CCNC(=O)C(Cc1ccccc1)N(Cc1ccc(Cl)cc1)C(=O)CCc1ccc(S(=O)(=O)N2CCCC2)cc1. The van der Waals surface area contributed by atoms with Crippen LogP contribution in [0.5, 0.6) is 0 Å². The number of aryl methyl sites for hydroxylation is 1. The maximum atomic E-state index is 13.9. The number of benzene rings is 3. The molecule has 43 heavy (non-hydrogen) atoms. The van der Waals surface area contributed by atoms with Crippen molar-refractivity contribution in [3.8, 4) is 0 Å². The van der Waals surface area contributed by atoms with Gasteiger partial charge in [0, 0.05) is 44.0 Å². The van der Waals surface area contributed by atoms with Gasteiger partial charge in [-0.3, -0.25) is 9.59 Å². The Morgan fingerprint density at radius 2 is 1.51 bits per heavy atom. The van der Waals surface area contributed by atoms with Gasteiger partial charge in [-0.25, -0.2) is 8.42 Å². The zero-order chi connectivity index (χ0) is 30.8. The third-order valence-corrected chi connectivity index (χ3v) is 9.98. The van der Waals surface area contributed by atoms with E-state index < -0.39 is 16.1 Å². The molecule has 4 rings (SSSR count). The molecular weight excluding hydrogens is 582 g/mol. The highest BCUT2D eigenvalue weighted by Gasteiger charge is 2.30. The first kappa shape index (κ1) is 32.7. The van der Waals surface area contributed by atoms with Crippen LogP contribution in [0, 0.1) is 5.92 Å². The van der Waals surface area contributed by atoms with Gasteiger partial charge in [0.2, 0.25) is 21.8 Å². The van der Waals surface area contributed by atoms with Crippen molar-refractivity contribution >= 4 is 33.4 Å². The number of hydrogen-bond acceptors (Lipinski definition) is 4. The van der Waals surface area contributed by atoms with Crippen molar-refractivity contribution in [1.82, 2.24) is 14.5 Å². The number of nitrogens with zero attached hydrogens (tertiary/aromatic N) is 2. The third-order valence-electron chi connectivity index (χ3n) is 7.81. The minimum atomic E-state index is -3.50. The second kappa shape index (κ2) is 15.5. The lowest BCUT2D eigenvalue weighted by atomic mass is 10.0. The molecule has 0 bridgehead atoms. The standard InChI is InChI=1S/C34H42ClN3O4S/c1-26(2)20-21-36-34(40)32(24-28-8-4-3-5-9-28)38(25-29-10-15-30(35)16-11-29)33(39)19-14-27-12-17-31(18-13-27)43(41,42)37-22-6-7-23-37/h3-5,8-13,15-18,26,32H,6-7,14,19-25H2,1-2H3,(H,36,40). The van der Waals surface area contributed by atoms with Crippen molar-refractivity contribution in [3.05, 3.63) is 101 Å². The first-order valence-electron chi connectivity index (χ1n) is 15.1. The number of hydrogen-bond donors (Lipinski definition) is 1. The number of carbonyl (C=O) groups excluding carboxylic acids is 2. The zero-order valence-corrected chi connectivity index (χ0v) is 26.6. The van der Waals surface area contributed by atoms with Crippen LogP contribution in [0.4, 0.5) is 0 Å². The number of amides is 2. The molecule has 0 radical (unpaired) electrons. The molecule has 1 unspecified atom stereocenters. The fourth-order valence-electron chi connectivity index (χ4n) is 5.24. The van der Waals surface area contributed by atoms with Crippen LogP contribution in [0.15, 0.2) is 83.8 Å². The average molecular weight is 624 g/mol. The summed E-state index contributed by atoms with van der Waals surface area (Å²) in [6.07, 6.45) is 3.60. The molecule has 9 heteroatoms. The Labute approximate surface area is 261 Å². The number of sulfonamides is 1. The van der Waals surface area contributed by atoms with Crippen LogP contribution >= 0.6 is 11.6 Å². The first-order chi connectivity index (χ1) is 20.6.